The van der Waals surface area contributed by atoms with Gasteiger partial charge < -0.3 is 10.1 Å². The molecular weight excluding hydrogens is 182 g/mol. The third kappa shape index (κ3) is 0.928. The molecule has 2 heterocycles. The summed E-state index contributed by atoms with van der Waals surface area (Å²) in [5, 5.41) is 12.1. The van der Waals surface area contributed by atoms with Crippen LogP contribution < -0.4 is 5.32 Å². The van der Waals surface area contributed by atoms with Crippen molar-refractivity contribution < 1.29 is 9.90 Å². The van der Waals surface area contributed by atoms with E-state index in [1.54, 1.807) is 6.33 Å². The number of rotatable bonds is 1. The Balaban J connectivity index is 2.02. The molecule has 3 N–H and O–H groups in total. The molecule has 5 heteroatoms. The van der Waals surface area contributed by atoms with Gasteiger partial charge in [0.1, 0.15) is 6.04 Å². The Morgan fingerprint density at radius 2 is 2.43 bits per heavy atom. The van der Waals surface area contributed by atoms with Crippen LogP contribution in [0.2, 0.25) is 0 Å². The van der Waals surface area contributed by atoms with E-state index in [2.05, 4.69) is 15.3 Å². The summed E-state index contributed by atoms with van der Waals surface area (Å²) in [4.78, 5) is 18.2. The van der Waals surface area contributed by atoms with Gasteiger partial charge in [0.25, 0.3) is 0 Å². The molecule has 5 nitrogen and oxygen atoms in total. The molecule has 0 unspecified atom stereocenters. The van der Waals surface area contributed by atoms with Crippen molar-refractivity contribution in [3.05, 3.63) is 17.7 Å². The van der Waals surface area contributed by atoms with Gasteiger partial charge in [-0.05, 0) is 12.8 Å². The van der Waals surface area contributed by atoms with Crippen LogP contribution in [0.4, 0.5) is 0 Å². The van der Waals surface area contributed by atoms with E-state index in [4.69, 9.17) is 5.11 Å². The van der Waals surface area contributed by atoms with Crippen LogP contribution in [-0.2, 0) is 16.8 Å². The first kappa shape index (κ1) is 7.99. The van der Waals surface area contributed by atoms with Crippen molar-refractivity contribution in [3.8, 4) is 0 Å². The van der Waals surface area contributed by atoms with E-state index < -0.39 is 12.0 Å². The summed E-state index contributed by atoms with van der Waals surface area (Å²) in [5.41, 5.74) is 1.88. The lowest BCUT2D eigenvalue weighted by Crippen LogP contribution is -2.49. The minimum Gasteiger partial charge on any atom is -0.480 e. The molecule has 0 amide bonds. The van der Waals surface area contributed by atoms with Gasteiger partial charge in [-0.3, -0.25) is 10.1 Å². The number of nitrogens with zero attached hydrogens (tertiary/aromatic N) is 1. The fourth-order valence-electron chi connectivity index (χ4n) is 2.20. The predicted octanol–water partition coefficient (Wildman–Crippen LogP) is -0.00230. The SMILES string of the molecule is O=C(O)[C@@H]1Cc2[nH]cnc2C2(CC2)N1. The highest BCUT2D eigenvalue weighted by Gasteiger charge is 2.52. The van der Waals surface area contributed by atoms with E-state index in [1.807, 2.05) is 0 Å². The first-order valence-electron chi connectivity index (χ1n) is 4.74. The maximum atomic E-state index is 10.9. The quantitative estimate of drug-likeness (QED) is 0.586. The molecule has 0 aromatic carbocycles. The van der Waals surface area contributed by atoms with Crippen molar-refractivity contribution in [2.24, 2.45) is 0 Å². The molecule has 0 saturated heterocycles. The highest BCUT2D eigenvalue weighted by molar-refractivity contribution is 5.74. The Morgan fingerprint density at radius 3 is 3.07 bits per heavy atom. The van der Waals surface area contributed by atoms with Crippen LogP contribution >= 0.6 is 0 Å². The smallest absolute Gasteiger partial charge is 0.321 e. The molecule has 1 aliphatic heterocycles. The molecule has 14 heavy (non-hydrogen) atoms. The summed E-state index contributed by atoms with van der Waals surface area (Å²) < 4.78 is 0. The molecule has 1 spiro atoms. The number of hydrogen-bond donors (Lipinski definition) is 3. The van der Waals surface area contributed by atoms with Crippen LogP contribution in [0, 0.1) is 0 Å². The predicted molar refractivity (Wildman–Crippen MR) is 47.8 cm³/mol. The number of aliphatic carboxylic acids is 1. The van der Waals surface area contributed by atoms with Crippen LogP contribution in [0.25, 0.3) is 0 Å². The van der Waals surface area contributed by atoms with Gasteiger partial charge in [-0.2, -0.15) is 0 Å². The van der Waals surface area contributed by atoms with Crippen LogP contribution in [0.5, 0.6) is 0 Å². The summed E-state index contributed by atoms with van der Waals surface area (Å²) in [6.45, 7) is 0. The van der Waals surface area contributed by atoms with Gasteiger partial charge in [0, 0.05) is 12.1 Å². The second-order valence-electron chi connectivity index (χ2n) is 4.05. The summed E-state index contributed by atoms with van der Waals surface area (Å²) in [7, 11) is 0. The molecular formula is C9H11N3O2. The zero-order chi connectivity index (χ0) is 9.76. The fourth-order valence-corrected chi connectivity index (χ4v) is 2.20. The lowest BCUT2D eigenvalue weighted by molar-refractivity contribution is -0.140. The summed E-state index contributed by atoms with van der Waals surface area (Å²) in [5.74, 6) is -0.781. The lowest BCUT2D eigenvalue weighted by Gasteiger charge is -2.27. The molecule has 1 fully saturated rings. The van der Waals surface area contributed by atoms with E-state index in [0.29, 0.717) is 6.42 Å². The Labute approximate surface area is 80.5 Å². The van der Waals surface area contributed by atoms with Gasteiger partial charge in [0.15, 0.2) is 0 Å². The third-order valence-electron chi connectivity index (χ3n) is 3.08. The van der Waals surface area contributed by atoms with Crippen LogP contribution in [-0.4, -0.2) is 27.1 Å². The highest BCUT2D eigenvalue weighted by atomic mass is 16.4. The molecule has 1 aromatic heterocycles. The Kier molecular flexibility index (Phi) is 1.35. The summed E-state index contributed by atoms with van der Waals surface area (Å²) in [6.07, 6.45) is 4.15. The second kappa shape index (κ2) is 2.36. The van der Waals surface area contributed by atoms with Gasteiger partial charge in [-0.25, -0.2) is 4.98 Å². The van der Waals surface area contributed by atoms with Gasteiger partial charge in [0.2, 0.25) is 0 Å². The maximum absolute atomic E-state index is 10.9. The van der Waals surface area contributed by atoms with Gasteiger partial charge in [-0.15, -0.1) is 0 Å². The van der Waals surface area contributed by atoms with E-state index in [9.17, 15) is 4.79 Å². The molecule has 3 rings (SSSR count). The molecule has 0 bridgehead atoms. The Bertz CT molecular complexity index is 395. The molecule has 1 atom stereocenters. The number of fused-ring (bicyclic) bond motifs is 2. The number of nitrogens with one attached hydrogen (secondary N) is 2. The highest BCUT2D eigenvalue weighted by Crippen LogP contribution is 2.48. The van der Waals surface area contributed by atoms with Crippen LogP contribution in [0.1, 0.15) is 24.2 Å². The van der Waals surface area contributed by atoms with Gasteiger partial charge in [-0.1, -0.05) is 0 Å². The van der Waals surface area contributed by atoms with Gasteiger partial charge in [0.05, 0.1) is 17.6 Å². The van der Waals surface area contributed by atoms with Crippen molar-refractivity contribution in [3.63, 3.8) is 0 Å². The standard InChI is InChI=1S/C9H11N3O2/c13-8(14)6-3-5-7(11-4-10-5)9(12-6)1-2-9/h4,6,12H,1-3H2,(H,10,11)(H,13,14)/t6-/m0/s1. The van der Waals surface area contributed by atoms with E-state index >= 15 is 0 Å². The third-order valence-corrected chi connectivity index (χ3v) is 3.08. The second-order valence-corrected chi connectivity index (χ2v) is 4.05. The van der Waals surface area contributed by atoms with Crippen molar-refractivity contribution in [2.45, 2.75) is 30.8 Å². The average molecular weight is 193 g/mol. The zero-order valence-electron chi connectivity index (χ0n) is 7.58. The minimum atomic E-state index is -0.781. The minimum absolute atomic E-state index is 0.128. The topological polar surface area (TPSA) is 78.0 Å². The Hall–Kier alpha value is -1.36. The zero-order valence-corrected chi connectivity index (χ0v) is 7.58. The summed E-state index contributed by atoms with van der Waals surface area (Å²) >= 11 is 0. The van der Waals surface area contributed by atoms with E-state index in [-0.39, 0.29) is 5.54 Å². The number of carbonyl (C=O) groups is 1. The largest absolute Gasteiger partial charge is 0.480 e. The monoisotopic (exact) mass is 193 g/mol. The lowest BCUT2D eigenvalue weighted by atomic mass is 9.97. The first-order chi connectivity index (χ1) is 6.71. The van der Waals surface area contributed by atoms with E-state index in [1.165, 1.54) is 0 Å². The van der Waals surface area contributed by atoms with Crippen molar-refractivity contribution >= 4 is 5.97 Å². The molecule has 74 valence electrons. The number of hydrogen-bond acceptors (Lipinski definition) is 3. The fraction of sp³-hybridized carbons (Fsp3) is 0.556. The van der Waals surface area contributed by atoms with Crippen LogP contribution in [0.3, 0.4) is 0 Å². The van der Waals surface area contributed by atoms with E-state index in [0.717, 1.165) is 24.2 Å². The van der Waals surface area contributed by atoms with Crippen LogP contribution in [0.15, 0.2) is 6.33 Å². The normalized spacial score (nSPS) is 27.3. The summed E-state index contributed by atoms with van der Waals surface area (Å²) in [6, 6.07) is -0.467. The first-order valence-corrected chi connectivity index (χ1v) is 4.74. The molecule has 1 aromatic rings. The molecule has 1 saturated carbocycles. The number of aromatic amines is 1. The number of H-pyrrole nitrogens is 1. The van der Waals surface area contributed by atoms with Crippen molar-refractivity contribution in [1.29, 1.82) is 0 Å². The van der Waals surface area contributed by atoms with Gasteiger partial charge >= 0.3 is 5.97 Å². The average Bonchev–Trinajstić information content (AvgIpc) is 2.75. The molecule has 0 radical (unpaired) electrons. The number of aromatic nitrogens is 2. The number of carboxylic acid groups (broad SMARTS) is 1. The molecule has 2 aliphatic rings. The van der Waals surface area contributed by atoms with Crippen molar-refractivity contribution in [1.82, 2.24) is 15.3 Å². The number of carboxylic acids is 1. The maximum Gasteiger partial charge on any atom is 0.321 e. The Morgan fingerprint density at radius 1 is 1.64 bits per heavy atom. The molecule has 1 aliphatic carbocycles. The van der Waals surface area contributed by atoms with Crippen molar-refractivity contribution in [2.75, 3.05) is 0 Å². The number of imidazole rings is 1.